The smallest absolute Gasteiger partial charge is 0.275 e. The number of aromatic nitrogens is 3. The molecule has 2 aromatic heterocycles. The second-order valence-corrected chi connectivity index (χ2v) is 6.87. The molecule has 0 unspecified atom stereocenters. The molecule has 9 heteroatoms. The van der Waals surface area contributed by atoms with Crippen LogP contribution in [0.3, 0.4) is 0 Å². The molecule has 1 fully saturated rings. The number of H-pyrrole nitrogens is 1. The van der Waals surface area contributed by atoms with Crippen LogP contribution in [0.1, 0.15) is 22.7 Å². The van der Waals surface area contributed by atoms with Crippen molar-refractivity contribution in [2.45, 2.75) is 13.3 Å². The summed E-state index contributed by atoms with van der Waals surface area (Å²) in [5.74, 6) is 0.927. The van der Waals surface area contributed by atoms with Gasteiger partial charge in [-0.1, -0.05) is 23.4 Å². The number of benzene rings is 1. The van der Waals surface area contributed by atoms with E-state index in [9.17, 15) is 9.59 Å². The molecule has 0 aliphatic carbocycles. The molecule has 2 amide bonds. The van der Waals surface area contributed by atoms with Gasteiger partial charge in [0.15, 0.2) is 11.5 Å². The minimum Gasteiger partial charge on any atom is -0.360 e. The molecular formula is C19H22N6O3. The number of amides is 2. The lowest BCUT2D eigenvalue weighted by Crippen LogP contribution is -2.49. The van der Waals surface area contributed by atoms with Crippen LogP contribution in [0.2, 0.25) is 0 Å². The lowest BCUT2D eigenvalue weighted by Gasteiger charge is -2.34. The molecule has 0 saturated carbocycles. The molecule has 4 rings (SSSR count). The molecule has 0 atom stereocenters. The van der Waals surface area contributed by atoms with E-state index in [0.29, 0.717) is 43.3 Å². The maximum absolute atomic E-state index is 12.8. The van der Waals surface area contributed by atoms with Crippen LogP contribution in [0.4, 0.5) is 5.82 Å². The molecule has 1 saturated heterocycles. The van der Waals surface area contributed by atoms with Gasteiger partial charge in [-0.25, -0.2) is 0 Å². The van der Waals surface area contributed by atoms with Gasteiger partial charge in [0.25, 0.3) is 5.91 Å². The zero-order valence-corrected chi connectivity index (χ0v) is 15.6. The fraction of sp³-hybridized carbons (Fsp3) is 0.368. The van der Waals surface area contributed by atoms with Crippen molar-refractivity contribution in [1.82, 2.24) is 25.2 Å². The van der Waals surface area contributed by atoms with Crippen LogP contribution in [0.15, 0.2) is 34.9 Å². The third kappa shape index (κ3) is 3.89. The Bertz CT molecular complexity index is 986. The normalized spacial score (nSPS) is 15.1. The molecule has 0 radical (unpaired) electrons. The lowest BCUT2D eigenvalue weighted by atomic mass is 10.2. The Hall–Kier alpha value is -3.20. The Morgan fingerprint density at radius 3 is 2.75 bits per heavy atom. The summed E-state index contributed by atoms with van der Waals surface area (Å²) in [6, 6.07) is 9.30. The van der Waals surface area contributed by atoms with Crippen molar-refractivity contribution in [3.8, 4) is 0 Å². The number of hydrogen-bond donors (Lipinski definition) is 2. The zero-order valence-electron chi connectivity index (χ0n) is 15.6. The summed E-state index contributed by atoms with van der Waals surface area (Å²) in [5, 5.41) is 14.4. The molecule has 9 nitrogen and oxygen atoms in total. The number of para-hydroxylation sites is 1. The molecule has 0 bridgehead atoms. The van der Waals surface area contributed by atoms with Crippen molar-refractivity contribution >= 4 is 28.5 Å². The highest BCUT2D eigenvalue weighted by molar-refractivity contribution is 6.04. The highest BCUT2D eigenvalue weighted by atomic mass is 16.5. The Morgan fingerprint density at radius 1 is 1.21 bits per heavy atom. The van der Waals surface area contributed by atoms with Gasteiger partial charge >= 0.3 is 0 Å². The number of piperazine rings is 1. The number of anilines is 1. The maximum atomic E-state index is 12.8. The van der Waals surface area contributed by atoms with E-state index in [4.69, 9.17) is 4.52 Å². The van der Waals surface area contributed by atoms with Crippen molar-refractivity contribution in [3.05, 3.63) is 41.8 Å². The summed E-state index contributed by atoms with van der Waals surface area (Å²) in [6.07, 6.45) is 0.365. The molecule has 146 valence electrons. The predicted molar refractivity (Wildman–Crippen MR) is 103 cm³/mol. The second-order valence-electron chi connectivity index (χ2n) is 6.87. The van der Waals surface area contributed by atoms with Crippen molar-refractivity contribution in [2.24, 2.45) is 0 Å². The topological polar surface area (TPSA) is 107 Å². The molecule has 0 spiro atoms. The summed E-state index contributed by atoms with van der Waals surface area (Å²) in [6.45, 7) is 5.09. The summed E-state index contributed by atoms with van der Waals surface area (Å²) in [4.78, 5) is 28.8. The average molecular weight is 382 g/mol. The van der Waals surface area contributed by atoms with Crippen molar-refractivity contribution in [2.75, 3.05) is 38.0 Å². The Labute approximate surface area is 161 Å². The van der Waals surface area contributed by atoms with E-state index in [-0.39, 0.29) is 11.8 Å². The highest BCUT2D eigenvalue weighted by Gasteiger charge is 2.25. The van der Waals surface area contributed by atoms with Crippen LogP contribution in [0, 0.1) is 6.92 Å². The number of aromatic amines is 1. The number of hydrogen-bond acceptors (Lipinski definition) is 6. The molecule has 3 aromatic rings. The fourth-order valence-corrected chi connectivity index (χ4v) is 3.34. The minimum absolute atomic E-state index is 0.0590. The number of nitrogens with one attached hydrogen (secondary N) is 2. The summed E-state index contributed by atoms with van der Waals surface area (Å²) < 4.78 is 4.93. The van der Waals surface area contributed by atoms with Gasteiger partial charge in [-0.05, 0) is 13.0 Å². The second kappa shape index (κ2) is 7.81. The Morgan fingerprint density at radius 2 is 2.00 bits per heavy atom. The van der Waals surface area contributed by atoms with Gasteiger partial charge in [-0.15, -0.1) is 0 Å². The van der Waals surface area contributed by atoms with Gasteiger partial charge < -0.3 is 14.7 Å². The highest BCUT2D eigenvalue weighted by Crippen LogP contribution is 2.18. The zero-order chi connectivity index (χ0) is 19.5. The van der Waals surface area contributed by atoms with Crippen LogP contribution in [0.5, 0.6) is 0 Å². The summed E-state index contributed by atoms with van der Waals surface area (Å²) in [5.41, 5.74) is 1.32. The van der Waals surface area contributed by atoms with Crippen LogP contribution in [-0.4, -0.2) is 69.7 Å². The van der Waals surface area contributed by atoms with Gasteiger partial charge in [-0.2, -0.15) is 5.10 Å². The van der Waals surface area contributed by atoms with Gasteiger partial charge in [0.05, 0.1) is 5.52 Å². The Kier molecular flexibility index (Phi) is 5.07. The first kappa shape index (κ1) is 18.2. The van der Waals surface area contributed by atoms with Gasteiger partial charge in [-0.3, -0.25) is 19.6 Å². The number of nitrogens with zero attached hydrogens (tertiary/aromatic N) is 4. The lowest BCUT2D eigenvalue weighted by molar-refractivity contribution is -0.116. The third-order valence-corrected chi connectivity index (χ3v) is 4.88. The number of aryl methyl sites for hydroxylation is 1. The molecule has 1 aliphatic heterocycles. The maximum Gasteiger partial charge on any atom is 0.275 e. The summed E-state index contributed by atoms with van der Waals surface area (Å²) in [7, 11) is 0. The Balaban J connectivity index is 1.26. The van der Waals surface area contributed by atoms with E-state index in [2.05, 4.69) is 25.6 Å². The number of carbonyl (C=O) groups excluding carboxylic acids is 2. The standard InChI is InChI=1S/C19H22N6O3/c1-13-12-16(23-28-13)20-17(26)6-7-24-8-10-25(11-9-24)19(27)18-14-4-2-3-5-15(14)21-22-18/h2-5,12H,6-11H2,1H3,(H,21,22)(H,20,23,26). The van der Waals surface area contributed by atoms with Crippen LogP contribution < -0.4 is 5.32 Å². The van der Waals surface area contributed by atoms with Crippen molar-refractivity contribution in [3.63, 3.8) is 0 Å². The number of fused-ring (bicyclic) bond motifs is 1. The van der Waals surface area contributed by atoms with Crippen molar-refractivity contribution in [1.29, 1.82) is 0 Å². The molecule has 1 aliphatic rings. The first-order chi connectivity index (χ1) is 13.6. The molecule has 1 aromatic carbocycles. The van der Waals surface area contributed by atoms with E-state index < -0.39 is 0 Å². The summed E-state index contributed by atoms with van der Waals surface area (Å²) >= 11 is 0. The fourth-order valence-electron chi connectivity index (χ4n) is 3.34. The van der Waals surface area contributed by atoms with E-state index in [1.807, 2.05) is 29.2 Å². The molecular weight excluding hydrogens is 360 g/mol. The number of carbonyl (C=O) groups is 2. The first-order valence-electron chi connectivity index (χ1n) is 9.28. The third-order valence-electron chi connectivity index (χ3n) is 4.88. The SMILES string of the molecule is Cc1cc(NC(=O)CCN2CCN(C(=O)c3n[nH]c4ccccc34)CC2)no1. The van der Waals surface area contributed by atoms with Crippen LogP contribution >= 0.6 is 0 Å². The van der Waals surface area contributed by atoms with E-state index in [1.165, 1.54) is 0 Å². The van der Waals surface area contributed by atoms with Gasteiger partial charge in [0, 0.05) is 50.6 Å². The van der Waals surface area contributed by atoms with Crippen LogP contribution in [0.25, 0.3) is 10.9 Å². The largest absolute Gasteiger partial charge is 0.360 e. The van der Waals surface area contributed by atoms with Gasteiger partial charge in [0.2, 0.25) is 5.91 Å². The quantitative estimate of drug-likeness (QED) is 0.695. The molecule has 2 N–H and O–H groups in total. The van der Waals surface area contributed by atoms with Crippen molar-refractivity contribution < 1.29 is 14.1 Å². The van der Waals surface area contributed by atoms with E-state index in [0.717, 1.165) is 24.0 Å². The average Bonchev–Trinajstić information content (AvgIpc) is 3.32. The van der Waals surface area contributed by atoms with Crippen LogP contribution in [-0.2, 0) is 4.79 Å². The van der Waals surface area contributed by atoms with E-state index in [1.54, 1.807) is 13.0 Å². The monoisotopic (exact) mass is 382 g/mol. The predicted octanol–water partition coefficient (Wildman–Crippen LogP) is 1.65. The first-order valence-corrected chi connectivity index (χ1v) is 9.28. The van der Waals surface area contributed by atoms with Gasteiger partial charge in [0.1, 0.15) is 5.76 Å². The molecule has 28 heavy (non-hydrogen) atoms. The molecule has 3 heterocycles. The van der Waals surface area contributed by atoms with E-state index >= 15 is 0 Å². The number of rotatable bonds is 5. The minimum atomic E-state index is -0.102.